The van der Waals surface area contributed by atoms with Crippen LogP contribution < -0.4 is 5.43 Å². The Hall–Kier alpha value is -3.34. The molecule has 1 heterocycles. The highest BCUT2D eigenvalue weighted by atomic mass is 28.3. The van der Waals surface area contributed by atoms with Crippen LogP contribution in [0.5, 0.6) is 0 Å². The summed E-state index contributed by atoms with van der Waals surface area (Å²) in [7, 11) is 2.45. The first kappa shape index (κ1) is 75.6. The van der Waals surface area contributed by atoms with Crippen molar-refractivity contribution in [2.45, 2.75) is 145 Å². The normalized spacial score (nSPS) is 9.93. The van der Waals surface area contributed by atoms with Crippen molar-refractivity contribution >= 4 is 36.6 Å². The number of allylic oxidation sites excluding steroid dienone is 1. The number of hydrogen-bond acceptors (Lipinski definition) is 7. The molecule has 10 heteroatoms. The van der Waals surface area contributed by atoms with Gasteiger partial charge >= 0.3 is 8.93 Å². The van der Waals surface area contributed by atoms with E-state index in [1.807, 2.05) is 43.3 Å². The van der Waals surface area contributed by atoms with Crippen LogP contribution in [0.2, 0.25) is 6.04 Å². The smallest absolute Gasteiger partial charge is 0.502 e. The number of Topliss-reactive ketones (excluding diaryl/α,β-unsaturated/α-hetero) is 1. The fraction of sp³-hybridized carbons (Fsp3) is 0.591. The molecule has 0 radical (unpaired) electrons. The van der Waals surface area contributed by atoms with Gasteiger partial charge in [-0.05, 0) is 61.9 Å². The molecule has 1 aromatic heterocycles. The summed E-state index contributed by atoms with van der Waals surface area (Å²) >= 11 is 0. The molecule has 7 nitrogen and oxygen atoms in total. The summed E-state index contributed by atoms with van der Waals surface area (Å²) in [5.74, 6) is 0.779. The van der Waals surface area contributed by atoms with Crippen molar-refractivity contribution in [3.05, 3.63) is 83.8 Å². The molecule has 0 N–H and O–H groups in total. The zero-order valence-corrected chi connectivity index (χ0v) is 31.2. The molecular weight excluding hydrogens is 707 g/mol. The molecule has 3 aromatic rings. The van der Waals surface area contributed by atoms with Crippen LogP contribution in [0.15, 0.2) is 82.8 Å². The molecule has 2 aromatic carbocycles. The number of hydrogen-bond donors (Lipinski definition) is 0. The van der Waals surface area contributed by atoms with Crippen LogP contribution in [-0.4, -0.2) is 42.2 Å². The first-order valence-corrected chi connectivity index (χ1v) is 17.4. The lowest BCUT2D eigenvalue weighted by Gasteiger charge is -2.18. The van der Waals surface area contributed by atoms with Gasteiger partial charge in [0.2, 0.25) is 5.43 Å². The highest BCUT2D eigenvalue weighted by Gasteiger charge is 2.16. The first-order valence-electron chi connectivity index (χ1n) is 15.9. The number of fused-ring (bicyclic) bond motifs is 2. The van der Waals surface area contributed by atoms with Crippen LogP contribution >= 0.6 is 0 Å². The average Bonchev–Trinajstić information content (AvgIpc) is 3.08. The van der Waals surface area contributed by atoms with Gasteiger partial charge in [-0.15, -0.1) is 0 Å². The number of carbonyl (C=O) groups excluding carboxylic acids is 1. The fourth-order valence-electron chi connectivity index (χ4n) is 3.28. The third-order valence-corrected chi connectivity index (χ3v) is 8.12. The van der Waals surface area contributed by atoms with Crippen LogP contribution in [0.25, 0.3) is 21.9 Å². The van der Waals surface area contributed by atoms with Crippen LogP contribution in [-0.2, 0) is 23.5 Å². The molecule has 3 unspecified atom stereocenters. The zero-order chi connectivity index (χ0) is 36.8. The van der Waals surface area contributed by atoms with Crippen molar-refractivity contribution in [3.63, 3.8) is 0 Å². The van der Waals surface area contributed by atoms with Gasteiger partial charge in [0.15, 0.2) is 5.78 Å². The number of benzene rings is 2. The summed E-state index contributed by atoms with van der Waals surface area (Å²) in [5, 5.41) is 1.27. The summed E-state index contributed by atoms with van der Waals surface area (Å²) in [6.45, 7) is 20.1. The van der Waals surface area contributed by atoms with Crippen LogP contribution in [0.1, 0.15) is 133 Å². The molecule has 0 saturated carbocycles. The maximum Gasteiger partial charge on any atom is 0.502 e. The molecule has 0 aliphatic carbocycles. The predicted molar refractivity (Wildman–Crippen MR) is 240 cm³/mol. The second-order valence-corrected chi connectivity index (χ2v) is 12.1. The number of rotatable bonds is 11. The van der Waals surface area contributed by atoms with Gasteiger partial charge in [-0.2, -0.15) is 0 Å². The fourth-order valence-corrected chi connectivity index (χ4v) is 3.95. The van der Waals surface area contributed by atoms with E-state index < -0.39 is 15.1 Å². The molecule has 0 fully saturated rings. The molecule has 0 aliphatic rings. The summed E-state index contributed by atoms with van der Waals surface area (Å²) in [6, 6.07) is 15.1. The lowest BCUT2D eigenvalue weighted by atomic mass is 9.90. The number of unbranched alkanes of at least 4 members (excludes halogenated alkanes) is 1. The standard InChI is InChI=1S/C13H8O2.C8H17F.C8H14O3Si.C4H10.C2H3F.C2H6O2.7CH4/c14-13-9-5-1-3-7-11(9)15-12-8-4-2-6-10(12)13;1-5-6(2)7(3)8(4)9;1-7(2)8(9)5-4-6-12(10)11-3;1-3-4-2;1-2-3;1-3-4-2;;;;;;;/h1-8H;6-8H,5H2,1-4H3;1,4-6H2,2-3H3;3-4H2,1-2H3;2H,1H2;1-2H3;7*1H4. The second-order valence-electron chi connectivity index (χ2n) is 10.5. The molecule has 54 heavy (non-hydrogen) atoms. The lowest BCUT2D eigenvalue weighted by Crippen LogP contribution is -2.16. The van der Waals surface area contributed by atoms with E-state index in [-0.39, 0.29) is 75.4 Å². The van der Waals surface area contributed by atoms with Crippen molar-refractivity contribution in [3.8, 4) is 0 Å². The number of carbonyl (C=O) groups is 1. The van der Waals surface area contributed by atoms with Crippen molar-refractivity contribution in [1.29, 1.82) is 0 Å². The maximum atomic E-state index is 12.5. The van der Waals surface area contributed by atoms with Gasteiger partial charge in [0.25, 0.3) is 0 Å². The zero-order valence-electron chi connectivity index (χ0n) is 30.2. The van der Waals surface area contributed by atoms with Crippen molar-refractivity contribution in [2.24, 2.45) is 11.8 Å². The van der Waals surface area contributed by atoms with Gasteiger partial charge < -0.3 is 13.3 Å². The summed E-state index contributed by atoms with van der Waals surface area (Å²) in [4.78, 5) is 31.1. The minimum atomic E-state index is -1.88. The topological polar surface area (TPSA) is 92.0 Å². The van der Waals surface area contributed by atoms with E-state index in [4.69, 9.17) is 4.42 Å². The van der Waals surface area contributed by atoms with Crippen molar-refractivity contribution in [1.82, 2.24) is 0 Å². The number of halogens is 2. The van der Waals surface area contributed by atoms with E-state index in [0.29, 0.717) is 52.3 Å². The monoisotopic (exact) mass is 793 g/mol. The van der Waals surface area contributed by atoms with E-state index in [1.54, 1.807) is 26.0 Å². The molecule has 3 atom stereocenters. The maximum absolute atomic E-state index is 12.5. The molecule has 0 amide bonds. The lowest BCUT2D eigenvalue weighted by molar-refractivity contribution is -0.248. The van der Waals surface area contributed by atoms with Gasteiger partial charge in [-0.3, -0.25) is 9.59 Å². The van der Waals surface area contributed by atoms with E-state index in [2.05, 4.69) is 55.1 Å². The Morgan fingerprint density at radius 1 is 0.833 bits per heavy atom. The molecular formula is C44H86F2O7Si. The third-order valence-electron chi connectivity index (χ3n) is 6.90. The second kappa shape index (κ2) is 49.7. The molecule has 0 aliphatic heterocycles. The minimum Gasteiger partial charge on any atom is -0.527 e. The summed E-state index contributed by atoms with van der Waals surface area (Å²) in [5.41, 5.74) is 1.88. The Morgan fingerprint density at radius 2 is 1.20 bits per heavy atom. The van der Waals surface area contributed by atoms with Crippen LogP contribution in [0.3, 0.4) is 0 Å². The van der Waals surface area contributed by atoms with Gasteiger partial charge in [0.1, 0.15) is 17.3 Å². The van der Waals surface area contributed by atoms with E-state index >= 15 is 0 Å². The summed E-state index contributed by atoms with van der Waals surface area (Å²) in [6.07, 6.45) is 4.36. The molecule has 0 saturated heterocycles. The Labute approximate surface area is 334 Å². The average molecular weight is 793 g/mol. The van der Waals surface area contributed by atoms with Gasteiger partial charge in [-0.1, -0.05) is 143 Å². The number of para-hydroxylation sites is 2. The third kappa shape index (κ3) is 37.0. The van der Waals surface area contributed by atoms with Crippen LogP contribution in [0, 0.1) is 11.8 Å². The summed E-state index contributed by atoms with van der Waals surface area (Å²) < 4.78 is 43.6. The van der Waals surface area contributed by atoms with E-state index in [1.165, 1.54) is 34.2 Å². The quantitative estimate of drug-likeness (QED) is 0.0627. The molecule has 0 spiro atoms. The van der Waals surface area contributed by atoms with E-state index in [9.17, 15) is 22.8 Å². The Kier molecular flexibility index (Phi) is 69.5. The Morgan fingerprint density at radius 3 is 1.46 bits per heavy atom. The van der Waals surface area contributed by atoms with Crippen molar-refractivity contribution < 1.29 is 36.7 Å². The highest BCUT2D eigenvalue weighted by molar-refractivity contribution is 6.34. The van der Waals surface area contributed by atoms with Gasteiger partial charge in [0.05, 0.1) is 38.4 Å². The largest absolute Gasteiger partial charge is 0.527 e. The predicted octanol–water partition coefficient (Wildman–Crippen LogP) is 15.0. The Bertz CT molecular complexity index is 1260. The first-order chi connectivity index (χ1) is 22.3. The van der Waals surface area contributed by atoms with Crippen molar-refractivity contribution in [2.75, 3.05) is 21.3 Å². The van der Waals surface area contributed by atoms with Gasteiger partial charge in [0, 0.05) is 12.5 Å². The minimum absolute atomic E-state index is 0. The highest BCUT2D eigenvalue weighted by Crippen LogP contribution is 2.20. The van der Waals surface area contributed by atoms with Crippen LogP contribution in [0.4, 0.5) is 8.78 Å². The molecule has 322 valence electrons. The number of ketones is 1. The SMILES string of the molecule is C.C.C.C.C.C.C.C=C(C)C(=O)CCC[Si](=O)OC.C=CF.CCC(C)C(C)C(C)F.CCCC.COOC.O=c1c2ccccc2oc2ccccc12. The Balaban J connectivity index is -0.0000000569. The molecule has 0 bridgehead atoms. The van der Waals surface area contributed by atoms with Gasteiger partial charge in [-0.25, -0.2) is 18.6 Å². The molecule has 3 rings (SSSR count). The van der Waals surface area contributed by atoms with E-state index in [0.717, 1.165) is 6.42 Å². The number of alkyl halides is 1.